The number of ether oxygens (including phenoxy) is 2. The van der Waals surface area contributed by atoms with Crippen LogP contribution in [0.1, 0.15) is 51.4 Å². The number of hydrogen-bond donors (Lipinski definition) is 0. The highest BCUT2D eigenvalue weighted by atomic mass is 127. The molecule has 3 heteroatoms. The monoisotopic (exact) mass is 350 g/mol. The maximum Gasteiger partial charge on any atom is 0.158 e. The van der Waals surface area contributed by atoms with Crippen LogP contribution >= 0.6 is 22.6 Å². The third-order valence-electron chi connectivity index (χ3n) is 3.71. The summed E-state index contributed by atoms with van der Waals surface area (Å²) in [5.74, 6) is 0. The van der Waals surface area contributed by atoms with Gasteiger partial charge < -0.3 is 9.47 Å². The minimum atomic E-state index is -0.0224. The largest absolute Gasteiger partial charge is 0.353 e. The standard InChI is InChI=1S/C14H23IO2/c15-11-6-10-14(8-3-1-4-9-14)17-13-7-2-5-12-16-13/h6,10,13H,1-5,7-9,11-12H2. The number of hydrogen-bond acceptors (Lipinski definition) is 2. The van der Waals surface area contributed by atoms with Gasteiger partial charge in [-0.1, -0.05) is 54.0 Å². The van der Waals surface area contributed by atoms with E-state index >= 15 is 0 Å². The van der Waals surface area contributed by atoms with Gasteiger partial charge in [-0.2, -0.15) is 0 Å². The van der Waals surface area contributed by atoms with Crippen LogP contribution in [0.25, 0.3) is 0 Å². The summed E-state index contributed by atoms with van der Waals surface area (Å²) in [6, 6.07) is 0. The van der Waals surface area contributed by atoms with Crippen LogP contribution in [-0.4, -0.2) is 22.9 Å². The number of rotatable bonds is 4. The van der Waals surface area contributed by atoms with Gasteiger partial charge >= 0.3 is 0 Å². The zero-order chi connectivity index (χ0) is 12.0. The van der Waals surface area contributed by atoms with E-state index in [1.807, 2.05) is 0 Å². The van der Waals surface area contributed by atoms with Gasteiger partial charge in [0.1, 0.15) is 0 Å². The Hall–Kier alpha value is 0.390. The summed E-state index contributed by atoms with van der Waals surface area (Å²) in [6.07, 6.45) is 14.4. The van der Waals surface area contributed by atoms with Crippen molar-refractivity contribution in [2.24, 2.45) is 0 Å². The molecule has 0 aromatic heterocycles. The van der Waals surface area contributed by atoms with Crippen LogP contribution in [-0.2, 0) is 9.47 Å². The maximum atomic E-state index is 6.31. The normalized spacial score (nSPS) is 29.6. The summed E-state index contributed by atoms with van der Waals surface area (Å²) >= 11 is 2.39. The minimum Gasteiger partial charge on any atom is -0.353 e. The van der Waals surface area contributed by atoms with Gasteiger partial charge in [-0.3, -0.25) is 0 Å². The molecule has 2 fully saturated rings. The van der Waals surface area contributed by atoms with Crippen molar-refractivity contribution >= 4 is 22.6 Å². The first-order chi connectivity index (χ1) is 8.35. The zero-order valence-corrected chi connectivity index (χ0v) is 12.7. The molecule has 2 nitrogen and oxygen atoms in total. The van der Waals surface area contributed by atoms with E-state index in [1.165, 1.54) is 44.9 Å². The molecule has 1 atom stereocenters. The van der Waals surface area contributed by atoms with Crippen LogP contribution in [0.2, 0.25) is 0 Å². The van der Waals surface area contributed by atoms with E-state index in [2.05, 4.69) is 34.7 Å². The molecule has 1 saturated carbocycles. The second kappa shape index (κ2) is 7.10. The first-order valence-electron chi connectivity index (χ1n) is 6.88. The fraction of sp³-hybridized carbons (Fsp3) is 0.857. The van der Waals surface area contributed by atoms with Crippen LogP contribution < -0.4 is 0 Å². The molecule has 2 rings (SSSR count). The van der Waals surface area contributed by atoms with Gasteiger partial charge in [0.15, 0.2) is 6.29 Å². The molecule has 2 aliphatic rings. The molecule has 17 heavy (non-hydrogen) atoms. The minimum absolute atomic E-state index is 0.0224. The molecule has 1 heterocycles. The van der Waals surface area contributed by atoms with E-state index in [0.29, 0.717) is 0 Å². The van der Waals surface area contributed by atoms with Gasteiger partial charge in [-0.15, -0.1) is 0 Å². The molecule has 0 bridgehead atoms. The average molecular weight is 350 g/mol. The molecule has 0 aromatic rings. The number of halogens is 1. The second-order valence-corrected chi connectivity index (χ2v) is 5.98. The van der Waals surface area contributed by atoms with Gasteiger partial charge in [0.25, 0.3) is 0 Å². The van der Waals surface area contributed by atoms with E-state index in [-0.39, 0.29) is 11.9 Å². The van der Waals surface area contributed by atoms with Crippen molar-refractivity contribution in [2.45, 2.75) is 63.3 Å². The molecular formula is C14H23IO2. The maximum absolute atomic E-state index is 6.31. The molecule has 1 aliphatic heterocycles. The van der Waals surface area contributed by atoms with Crippen molar-refractivity contribution in [3.8, 4) is 0 Å². The molecule has 1 saturated heterocycles. The predicted molar refractivity (Wildman–Crippen MR) is 78.5 cm³/mol. The Labute approximate surface area is 118 Å². The van der Waals surface area contributed by atoms with Crippen LogP contribution in [0.5, 0.6) is 0 Å². The van der Waals surface area contributed by atoms with E-state index < -0.39 is 0 Å². The van der Waals surface area contributed by atoms with Crippen LogP contribution in [0.4, 0.5) is 0 Å². The Morgan fingerprint density at radius 3 is 2.65 bits per heavy atom. The summed E-state index contributed by atoms with van der Waals surface area (Å²) in [6.45, 7) is 0.872. The molecule has 0 N–H and O–H groups in total. The van der Waals surface area contributed by atoms with Gasteiger partial charge in [-0.25, -0.2) is 0 Å². The zero-order valence-electron chi connectivity index (χ0n) is 10.5. The molecule has 1 aliphatic carbocycles. The third-order valence-corrected chi connectivity index (χ3v) is 4.22. The lowest BCUT2D eigenvalue weighted by molar-refractivity contribution is -0.218. The number of alkyl halides is 1. The highest BCUT2D eigenvalue weighted by molar-refractivity contribution is 14.1. The Morgan fingerprint density at radius 1 is 1.18 bits per heavy atom. The summed E-state index contributed by atoms with van der Waals surface area (Å²) in [7, 11) is 0. The molecule has 1 unspecified atom stereocenters. The summed E-state index contributed by atoms with van der Waals surface area (Å²) < 4.78 is 13.1. The predicted octanol–water partition coefficient (Wildman–Crippen LogP) is 4.22. The Kier molecular flexibility index (Phi) is 5.77. The van der Waals surface area contributed by atoms with E-state index in [0.717, 1.165) is 17.5 Å². The van der Waals surface area contributed by atoms with Crippen molar-refractivity contribution in [3.63, 3.8) is 0 Å². The molecule has 98 valence electrons. The Balaban J connectivity index is 1.95. The van der Waals surface area contributed by atoms with Gasteiger partial charge in [0.05, 0.1) is 5.60 Å². The lowest BCUT2D eigenvalue weighted by Gasteiger charge is -2.38. The summed E-state index contributed by atoms with van der Waals surface area (Å²) in [5.41, 5.74) is -0.0224. The van der Waals surface area contributed by atoms with Crippen molar-refractivity contribution in [3.05, 3.63) is 12.2 Å². The van der Waals surface area contributed by atoms with Gasteiger partial charge in [-0.05, 0) is 32.1 Å². The fourth-order valence-corrected chi connectivity index (χ4v) is 3.05. The summed E-state index contributed by atoms with van der Waals surface area (Å²) in [5, 5.41) is 0. The lowest BCUT2D eigenvalue weighted by atomic mass is 9.84. The molecule has 0 amide bonds. The van der Waals surface area contributed by atoms with Gasteiger partial charge in [0, 0.05) is 11.0 Å². The smallest absolute Gasteiger partial charge is 0.158 e. The first kappa shape index (κ1) is 13.8. The summed E-state index contributed by atoms with van der Waals surface area (Å²) in [4.78, 5) is 0. The molecule has 0 radical (unpaired) electrons. The average Bonchev–Trinajstić information content (AvgIpc) is 2.39. The highest BCUT2D eigenvalue weighted by Gasteiger charge is 2.33. The van der Waals surface area contributed by atoms with Crippen molar-refractivity contribution in [2.75, 3.05) is 11.0 Å². The second-order valence-electron chi connectivity index (χ2n) is 5.10. The molecular weight excluding hydrogens is 327 g/mol. The van der Waals surface area contributed by atoms with Crippen molar-refractivity contribution < 1.29 is 9.47 Å². The Bertz CT molecular complexity index is 241. The molecule has 0 aromatic carbocycles. The van der Waals surface area contributed by atoms with Crippen LogP contribution in [0, 0.1) is 0 Å². The molecule has 0 spiro atoms. The van der Waals surface area contributed by atoms with Crippen LogP contribution in [0.3, 0.4) is 0 Å². The van der Waals surface area contributed by atoms with Gasteiger partial charge in [0.2, 0.25) is 0 Å². The fourth-order valence-electron chi connectivity index (χ4n) is 2.80. The van der Waals surface area contributed by atoms with Crippen molar-refractivity contribution in [1.82, 2.24) is 0 Å². The quantitative estimate of drug-likeness (QED) is 0.429. The van der Waals surface area contributed by atoms with E-state index in [4.69, 9.17) is 9.47 Å². The Morgan fingerprint density at radius 2 is 2.00 bits per heavy atom. The van der Waals surface area contributed by atoms with Crippen molar-refractivity contribution in [1.29, 1.82) is 0 Å². The topological polar surface area (TPSA) is 18.5 Å². The third kappa shape index (κ3) is 4.21. The highest BCUT2D eigenvalue weighted by Crippen LogP contribution is 2.35. The number of allylic oxidation sites excluding steroid dienone is 1. The lowest BCUT2D eigenvalue weighted by Crippen LogP contribution is -2.39. The van der Waals surface area contributed by atoms with E-state index in [1.54, 1.807) is 0 Å². The van der Waals surface area contributed by atoms with E-state index in [9.17, 15) is 0 Å². The first-order valence-corrected chi connectivity index (χ1v) is 8.40. The van der Waals surface area contributed by atoms with Crippen LogP contribution in [0.15, 0.2) is 12.2 Å². The SMILES string of the molecule is ICC=CC1(OC2CCCCO2)CCCCC1.